The molecule has 2 atom stereocenters. The first-order valence-electron chi connectivity index (χ1n) is 11.1. The highest BCUT2D eigenvalue weighted by Gasteiger charge is 2.22. The summed E-state index contributed by atoms with van der Waals surface area (Å²) in [5, 5.41) is 3.52. The van der Waals surface area contributed by atoms with E-state index in [1.807, 2.05) is 55.5 Å². The molecule has 1 amide bonds. The molecular weight excluding hydrogens is 446 g/mol. The summed E-state index contributed by atoms with van der Waals surface area (Å²) in [5.41, 5.74) is 2.14. The topological polar surface area (TPSA) is 73.2 Å². The molecule has 4 rings (SSSR count). The van der Waals surface area contributed by atoms with Gasteiger partial charge in [0.15, 0.2) is 5.16 Å². The number of carbonyl (C=O) groups excluding carboxylic acids is 1. The molecule has 4 aromatic rings. The van der Waals surface area contributed by atoms with Gasteiger partial charge in [-0.1, -0.05) is 73.3 Å². The zero-order valence-electron chi connectivity index (χ0n) is 19.4. The van der Waals surface area contributed by atoms with Crippen LogP contribution in [0.1, 0.15) is 25.3 Å². The van der Waals surface area contributed by atoms with Crippen LogP contribution in [0.5, 0.6) is 5.75 Å². The molecule has 0 saturated heterocycles. The minimum absolute atomic E-state index is 0.109. The van der Waals surface area contributed by atoms with Crippen LogP contribution in [0.25, 0.3) is 16.6 Å². The van der Waals surface area contributed by atoms with E-state index in [-0.39, 0.29) is 17.4 Å². The summed E-state index contributed by atoms with van der Waals surface area (Å²) < 4.78 is 7.04. The molecule has 0 aliphatic carbocycles. The van der Waals surface area contributed by atoms with Crippen molar-refractivity contribution in [1.82, 2.24) is 14.9 Å². The minimum atomic E-state index is -0.461. The van der Waals surface area contributed by atoms with Gasteiger partial charge in [0.05, 0.1) is 29.0 Å². The van der Waals surface area contributed by atoms with Crippen LogP contribution in [-0.2, 0) is 4.79 Å². The Morgan fingerprint density at radius 1 is 1.00 bits per heavy atom. The lowest BCUT2D eigenvalue weighted by Gasteiger charge is -2.19. The molecule has 0 radical (unpaired) electrons. The third-order valence-corrected chi connectivity index (χ3v) is 6.73. The van der Waals surface area contributed by atoms with Crippen molar-refractivity contribution in [3.8, 4) is 11.4 Å². The molecule has 1 aromatic heterocycles. The Balaban J connectivity index is 1.63. The number of hydrogen-bond acceptors (Lipinski definition) is 5. The number of nitrogens with zero attached hydrogens (tertiary/aromatic N) is 2. The standard InChI is InChI=1S/C27H27N3O3S/c1-18(20-11-5-4-6-12-20)17-28-25(31)19(2)34-27-29-22-14-8-7-13-21(22)26(32)30(27)23-15-9-10-16-24(23)33-3/h4-16,18-19H,17H2,1-3H3,(H,28,31). The van der Waals surface area contributed by atoms with E-state index in [2.05, 4.69) is 24.4 Å². The molecule has 0 fully saturated rings. The van der Waals surface area contributed by atoms with Crippen LogP contribution in [0.15, 0.2) is 88.8 Å². The van der Waals surface area contributed by atoms with Gasteiger partial charge in [-0.15, -0.1) is 0 Å². The fourth-order valence-corrected chi connectivity index (χ4v) is 4.67. The van der Waals surface area contributed by atoms with Gasteiger partial charge in [0, 0.05) is 6.54 Å². The summed E-state index contributed by atoms with van der Waals surface area (Å²) in [4.78, 5) is 31.2. The molecule has 0 spiro atoms. The molecule has 1 N–H and O–H groups in total. The van der Waals surface area contributed by atoms with Crippen LogP contribution in [0.4, 0.5) is 0 Å². The molecule has 0 aliphatic rings. The smallest absolute Gasteiger partial charge is 0.266 e. The number of para-hydroxylation sites is 3. The third-order valence-electron chi connectivity index (χ3n) is 5.67. The second-order valence-electron chi connectivity index (χ2n) is 8.04. The van der Waals surface area contributed by atoms with Crippen LogP contribution >= 0.6 is 11.8 Å². The summed E-state index contributed by atoms with van der Waals surface area (Å²) >= 11 is 1.25. The number of thioether (sulfide) groups is 1. The van der Waals surface area contributed by atoms with E-state index in [1.165, 1.54) is 21.9 Å². The van der Waals surface area contributed by atoms with Gasteiger partial charge in [0.2, 0.25) is 5.91 Å². The number of benzene rings is 3. The summed E-state index contributed by atoms with van der Waals surface area (Å²) in [7, 11) is 1.56. The van der Waals surface area contributed by atoms with Gasteiger partial charge >= 0.3 is 0 Å². The maximum absolute atomic E-state index is 13.5. The normalized spacial score (nSPS) is 12.8. The van der Waals surface area contributed by atoms with Crippen LogP contribution in [0.2, 0.25) is 0 Å². The summed E-state index contributed by atoms with van der Waals surface area (Å²) in [5.74, 6) is 0.631. The van der Waals surface area contributed by atoms with E-state index in [0.717, 1.165) is 0 Å². The van der Waals surface area contributed by atoms with Crippen LogP contribution in [0, 0.1) is 0 Å². The highest BCUT2D eigenvalue weighted by Crippen LogP contribution is 2.29. The quantitative estimate of drug-likeness (QED) is 0.294. The monoisotopic (exact) mass is 473 g/mol. The predicted octanol–water partition coefficient (Wildman–Crippen LogP) is 4.79. The molecule has 0 saturated carbocycles. The predicted molar refractivity (Wildman–Crippen MR) is 137 cm³/mol. The Bertz CT molecular complexity index is 1350. The zero-order valence-corrected chi connectivity index (χ0v) is 20.2. The fraction of sp³-hybridized carbons (Fsp3) is 0.222. The molecule has 2 unspecified atom stereocenters. The minimum Gasteiger partial charge on any atom is -0.495 e. The number of aromatic nitrogens is 2. The number of methoxy groups -OCH3 is 1. The average Bonchev–Trinajstić information content (AvgIpc) is 2.87. The first-order chi connectivity index (χ1) is 16.5. The third kappa shape index (κ3) is 4.99. The molecule has 0 aliphatic heterocycles. The van der Waals surface area contributed by atoms with Crippen molar-refractivity contribution in [3.63, 3.8) is 0 Å². The van der Waals surface area contributed by atoms with E-state index < -0.39 is 5.25 Å². The number of nitrogens with one attached hydrogen (secondary N) is 1. The van der Waals surface area contributed by atoms with Gasteiger partial charge in [0.25, 0.3) is 5.56 Å². The van der Waals surface area contributed by atoms with Crippen molar-refractivity contribution in [2.45, 2.75) is 30.2 Å². The van der Waals surface area contributed by atoms with Crippen molar-refractivity contribution in [2.75, 3.05) is 13.7 Å². The fourth-order valence-electron chi connectivity index (χ4n) is 3.73. The maximum atomic E-state index is 13.5. The molecule has 0 bridgehead atoms. The summed E-state index contributed by atoms with van der Waals surface area (Å²) in [6, 6.07) is 24.6. The van der Waals surface area contributed by atoms with Gasteiger partial charge in [-0.25, -0.2) is 4.98 Å². The number of ether oxygens (including phenoxy) is 1. The number of fused-ring (bicyclic) bond motifs is 1. The first kappa shape index (κ1) is 23.6. The lowest BCUT2D eigenvalue weighted by molar-refractivity contribution is -0.120. The molecule has 6 nitrogen and oxygen atoms in total. The number of rotatable bonds is 8. The molecule has 34 heavy (non-hydrogen) atoms. The van der Waals surface area contributed by atoms with Crippen molar-refractivity contribution in [2.24, 2.45) is 0 Å². The molecular formula is C27H27N3O3S. The van der Waals surface area contributed by atoms with Crippen LogP contribution in [0.3, 0.4) is 0 Å². The summed E-state index contributed by atoms with van der Waals surface area (Å²) in [6.45, 7) is 4.43. The van der Waals surface area contributed by atoms with E-state index in [0.29, 0.717) is 34.0 Å². The Morgan fingerprint density at radius 3 is 2.44 bits per heavy atom. The number of carbonyl (C=O) groups is 1. The maximum Gasteiger partial charge on any atom is 0.266 e. The highest BCUT2D eigenvalue weighted by atomic mass is 32.2. The first-order valence-corrected chi connectivity index (χ1v) is 12.0. The summed E-state index contributed by atoms with van der Waals surface area (Å²) in [6.07, 6.45) is 0. The number of hydrogen-bond donors (Lipinski definition) is 1. The SMILES string of the molecule is COc1ccccc1-n1c(SC(C)C(=O)NCC(C)c2ccccc2)nc2ccccc2c1=O. The average molecular weight is 474 g/mol. The van der Waals surface area contributed by atoms with Crippen molar-refractivity contribution >= 4 is 28.6 Å². The van der Waals surface area contributed by atoms with E-state index >= 15 is 0 Å². The van der Waals surface area contributed by atoms with Crippen LogP contribution in [-0.4, -0.2) is 34.4 Å². The Kier molecular flexibility index (Phi) is 7.33. The molecule has 3 aromatic carbocycles. The van der Waals surface area contributed by atoms with Crippen molar-refractivity contribution in [3.05, 3.63) is 94.8 Å². The van der Waals surface area contributed by atoms with Crippen LogP contribution < -0.4 is 15.6 Å². The van der Waals surface area contributed by atoms with E-state index in [1.54, 1.807) is 25.3 Å². The van der Waals surface area contributed by atoms with Gasteiger partial charge in [-0.3, -0.25) is 14.2 Å². The van der Waals surface area contributed by atoms with Gasteiger partial charge in [-0.05, 0) is 42.7 Å². The molecule has 1 heterocycles. The Morgan fingerprint density at radius 2 is 1.68 bits per heavy atom. The molecule has 7 heteroatoms. The van der Waals surface area contributed by atoms with Crippen molar-refractivity contribution in [1.29, 1.82) is 0 Å². The largest absolute Gasteiger partial charge is 0.495 e. The Labute approximate surface area is 203 Å². The molecule has 174 valence electrons. The van der Waals surface area contributed by atoms with Gasteiger partial charge in [-0.2, -0.15) is 0 Å². The lowest BCUT2D eigenvalue weighted by Crippen LogP contribution is -2.34. The second-order valence-corrected chi connectivity index (χ2v) is 9.35. The Hall–Kier alpha value is -3.58. The van der Waals surface area contributed by atoms with E-state index in [9.17, 15) is 9.59 Å². The zero-order chi connectivity index (χ0) is 24.1. The highest BCUT2D eigenvalue weighted by molar-refractivity contribution is 8.00. The number of amides is 1. The lowest BCUT2D eigenvalue weighted by atomic mass is 10.0. The van der Waals surface area contributed by atoms with Gasteiger partial charge in [0.1, 0.15) is 5.75 Å². The second kappa shape index (κ2) is 10.6. The van der Waals surface area contributed by atoms with Gasteiger partial charge < -0.3 is 10.1 Å². The van der Waals surface area contributed by atoms with E-state index in [4.69, 9.17) is 9.72 Å². The van der Waals surface area contributed by atoms with Crippen molar-refractivity contribution < 1.29 is 9.53 Å².